The summed E-state index contributed by atoms with van der Waals surface area (Å²) in [6.45, 7) is 8.70. The number of nitrogens with one attached hydrogen (secondary N) is 3. The van der Waals surface area contributed by atoms with Crippen molar-refractivity contribution in [3.05, 3.63) is 47.1 Å². The Morgan fingerprint density at radius 2 is 1.96 bits per heavy atom. The lowest BCUT2D eigenvalue weighted by Gasteiger charge is -2.34. The molecule has 3 N–H and O–H groups in total. The molecule has 0 aliphatic carbocycles. The number of anilines is 1. The van der Waals surface area contributed by atoms with Gasteiger partial charge in [0.15, 0.2) is 0 Å². The van der Waals surface area contributed by atoms with Crippen LogP contribution in [0.4, 0.5) is 5.69 Å². The third-order valence-corrected chi connectivity index (χ3v) is 4.91. The first kappa shape index (κ1) is 16.7. The number of aromatic nitrogens is 2. The molecular formula is C19H26N4O. The minimum atomic E-state index is -0.0825. The number of aromatic amines is 1. The molecule has 0 saturated carbocycles. The molecule has 1 aliphatic heterocycles. The van der Waals surface area contributed by atoms with Crippen LogP contribution in [0, 0.1) is 11.3 Å². The van der Waals surface area contributed by atoms with Gasteiger partial charge in [0.1, 0.15) is 5.69 Å². The summed E-state index contributed by atoms with van der Waals surface area (Å²) in [5, 5.41) is 6.99. The summed E-state index contributed by atoms with van der Waals surface area (Å²) >= 11 is 0. The van der Waals surface area contributed by atoms with Gasteiger partial charge in [-0.1, -0.05) is 20.8 Å². The lowest BCUT2D eigenvalue weighted by Crippen LogP contribution is -2.42. The Labute approximate surface area is 142 Å². The molecule has 1 aliphatic rings. The molecule has 3 heterocycles. The highest BCUT2D eigenvalue weighted by atomic mass is 16.1. The molecule has 1 fully saturated rings. The predicted octanol–water partition coefficient (Wildman–Crippen LogP) is 2.87. The molecule has 5 nitrogen and oxygen atoms in total. The van der Waals surface area contributed by atoms with E-state index in [1.807, 2.05) is 18.2 Å². The summed E-state index contributed by atoms with van der Waals surface area (Å²) in [5.74, 6) is 0.633. The Kier molecular flexibility index (Phi) is 4.71. The van der Waals surface area contributed by atoms with Crippen molar-refractivity contribution in [2.24, 2.45) is 11.3 Å². The minimum absolute atomic E-state index is 0.0825. The molecule has 0 bridgehead atoms. The fourth-order valence-corrected chi connectivity index (χ4v) is 3.60. The van der Waals surface area contributed by atoms with Gasteiger partial charge in [0.25, 0.3) is 5.56 Å². The molecule has 1 saturated heterocycles. The van der Waals surface area contributed by atoms with E-state index in [2.05, 4.69) is 41.4 Å². The summed E-state index contributed by atoms with van der Waals surface area (Å²) in [6.07, 6.45) is 6.39. The minimum Gasteiger partial charge on any atom is -0.376 e. The van der Waals surface area contributed by atoms with Crippen molar-refractivity contribution in [2.45, 2.75) is 33.2 Å². The maximum absolute atomic E-state index is 12.3. The molecule has 24 heavy (non-hydrogen) atoms. The lowest BCUT2D eigenvalue weighted by atomic mass is 9.78. The molecule has 128 valence electrons. The summed E-state index contributed by atoms with van der Waals surface area (Å²) < 4.78 is 0. The highest BCUT2D eigenvalue weighted by Crippen LogP contribution is 2.32. The molecule has 2 unspecified atom stereocenters. The highest BCUT2D eigenvalue weighted by molar-refractivity contribution is 5.66. The maximum atomic E-state index is 12.3. The van der Waals surface area contributed by atoms with Crippen LogP contribution in [-0.2, 0) is 0 Å². The monoisotopic (exact) mass is 326 g/mol. The van der Waals surface area contributed by atoms with E-state index >= 15 is 0 Å². The van der Waals surface area contributed by atoms with Gasteiger partial charge in [0.05, 0.1) is 0 Å². The number of nitrogens with zero attached hydrogens (tertiary/aromatic N) is 1. The second kappa shape index (κ2) is 6.77. The summed E-state index contributed by atoms with van der Waals surface area (Å²) in [7, 11) is 0. The van der Waals surface area contributed by atoms with Gasteiger partial charge < -0.3 is 15.6 Å². The van der Waals surface area contributed by atoms with Gasteiger partial charge in [-0.05, 0) is 48.1 Å². The smallest absolute Gasteiger partial charge is 0.271 e. The van der Waals surface area contributed by atoms with Crippen LogP contribution in [0.15, 0.2) is 41.6 Å². The number of hydrogen-bond donors (Lipinski definition) is 3. The first-order valence-corrected chi connectivity index (χ1v) is 8.56. The molecule has 0 amide bonds. The lowest BCUT2D eigenvalue weighted by molar-refractivity contribution is 0.263. The maximum Gasteiger partial charge on any atom is 0.271 e. The van der Waals surface area contributed by atoms with Crippen LogP contribution >= 0.6 is 0 Å². The Balaban J connectivity index is 1.88. The van der Waals surface area contributed by atoms with Crippen LogP contribution in [-0.4, -0.2) is 29.1 Å². The number of rotatable bonds is 3. The Bertz CT molecular complexity index is 739. The highest BCUT2D eigenvalue weighted by Gasteiger charge is 2.33. The van der Waals surface area contributed by atoms with E-state index in [-0.39, 0.29) is 17.0 Å². The van der Waals surface area contributed by atoms with Crippen molar-refractivity contribution in [3.63, 3.8) is 0 Å². The van der Waals surface area contributed by atoms with E-state index in [9.17, 15) is 4.79 Å². The van der Waals surface area contributed by atoms with E-state index in [1.54, 1.807) is 18.6 Å². The van der Waals surface area contributed by atoms with Crippen LogP contribution in [0.3, 0.4) is 0 Å². The van der Waals surface area contributed by atoms with E-state index in [0.717, 1.165) is 30.6 Å². The second-order valence-corrected chi connectivity index (χ2v) is 7.52. The summed E-state index contributed by atoms with van der Waals surface area (Å²) in [4.78, 5) is 19.2. The fraction of sp³-hybridized carbons (Fsp3) is 0.474. The SMILES string of the molecule is CC1CNCC(Nc2cc(-c3ccncc3)c[nH]c2=O)C(C)(C)C1. The molecule has 5 heteroatoms. The number of hydrogen-bond acceptors (Lipinski definition) is 4. The van der Waals surface area contributed by atoms with Crippen molar-refractivity contribution >= 4 is 5.69 Å². The fourth-order valence-electron chi connectivity index (χ4n) is 3.60. The Morgan fingerprint density at radius 1 is 1.21 bits per heavy atom. The quantitative estimate of drug-likeness (QED) is 0.811. The summed E-state index contributed by atoms with van der Waals surface area (Å²) in [6, 6.07) is 6.02. The summed E-state index contributed by atoms with van der Waals surface area (Å²) in [5.41, 5.74) is 2.67. The molecule has 2 aromatic rings. The number of H-pyrrole nitrogens is 1. The third kappa shape index (κ3) is 3.67. The van der Waals surface area contributed by atoms with Crippen LogP contribution < -0.4 is 16.2 Å². The average Bonchev–Trinajstić information content (AvgIpc) is 2.68. The zero-order valence-electron chi connectivity index (χ0n) is 14.6. The van der Waals surface area contributed by atoms with Crippen molar-refractivity contribution in [1.82, 2.24) is 15.3 Å². The molecule has 0 spiro atoms. The van der Waals surface area contributed by atoms with Gasteiger partial charge >= 0.3 is 0 Å². The largest absolute Gasteiger partial charge is 0.376 e. The predicted molar refractivity (Wildman–Crippen MR) is 98.1 cm³/mol. The van der Waals surface area contributed by atoms with Crippen LogP contribution in [0.5, 0.6) is 0 Å². The van der Waals surface area contributed by atoms with Gasteiger partial charge in [-0.3, -0.25) is 9.78 Å². The molecular weight excluding hydrogens is 300 g/mol. The first-order chi connectivity index (χ1) is 11.5. The van der Waals surface area contributed by atoms with Crippen LogP contribution in [0.25, 0.3) is 11.1 Å². The first-order valence-electron chi connectivity index (χ1n) is 8.56. The van der Waals surface area contributed by atoms with Gasteiger partial charge in [0, 0.05) is 36.7 Å². The normalized spacial score (nSPS) is 23.5. The standard InChI is InChI=1S/C19H26N4O/c1-13-9-19(2,3)17(12-21-10-13)23-16-8-15(11-22-18(16)24)14-4-6-20-7-5-14/h4-8,11,13,17,21,23H,9-10,12H2,1-3H3,(H,22,24). The Morgan fingerprint density at radius 3 is 2.71 bits per heavy atom. The van der Waals surface area contributed by atoms with Gasteiger partial charge in [-0.15, -0.1) is 0 Å². The molecule has 0 aromatic carbocycles. The zero-order chi connectivity index (χ0) is 17.2. The van der Waals surface area contributed by atoms with Crippen molar-refractivity contribution in [1.29, 1.82) is 0 Å². The average molecular weight is 326 g/mol. The number of pyridine rings is 2. The molecule has 3 rings (SSSR count). The molecule has 2 aromatic heterocycles. The van der Waals surface area contributed by atoms with E-state index in [4.69, 9.17) is 0 Å². The van der Waals surface area contributed by atoms with Gasteiger partial charge in [-0.2, -0.15) is 0 Å². The third-order valence-electron chi connectivity index (χ3n) is 4.91. The van der Waals surface area contributed by atoms with E-state index in [1.165, 1.54) is 0 Å². The van der Waals surface area contributed by atoms with Crippen LogP contribution in [0.1, 0.15) is 27.2 Å². The van der Waals surface area contributed by atoms with Gasteiger partial charge in [-0.25, -0.2) is 0 Å². The Hall–Kier alpha value is -2.14. The topological polar surface area (TPSA) is 69.8 Å². The molecule has 0 radical (unpaired) electrons. The zero-order valence-corrected chi connectivity index (χ0v) is 14.6. The van der Waals surface area contributed by atoms with Gasteiger partial charge in [0.2, 0.25) is 0 Å². The van der Waals surface area contributed by atoms with E-state index < -0.39 is 0 Å². The second-order valence-electron chi connectivity index (χ2n) is 7.52. The van der Waals surface area contributed by atoms with Crippen molar-refractivity contribution < 1.29 is 0 Å². The van der Waals surface area contributed by atoms with Crippen LogP contribution in [0.2, 0.25) is 0 Å². The van der Waals surface area contributed by atoms with Crippen molar-refractivity contribution in [3.8, 4) is 11.1 Å². The van der Waals surface area contributed by atoms with Crippen molar-refractivity contribution in [2.75, 3.05) is 18.4 Å². The molecule has 2 atom stereocenters. The van der Waals surface area contributed by atoms with E-state index in [0.29, 0.717) is 11.6 Å².